The van der Waals surface area contributed by atoms with E-state index in [1.807, 2.05) is 0 Å². The van der Waals surface area contributed by atoms with Crippen molar-refractivity contribution < 1.29 is 37.2 Å². The van der Waals surface area contributed by atoms with Crippen LogP contribution in [0.4, 0.5) is 35.9 Å². The first-order valence-electron chi connectivity index (χ1n) is 13.6. The fourth-order valence-corrected chi connectivity index (χ4v) is 5.17. The summed E-state index contributed by atoms with van der Waals surface area (Å²) in [5.41, 5.74) is 8.50. The Morgan fingerprint density at radius 1 is 0.933 bits per heavy atom. The maximum atomic E-state index is 13.2. The van der Waals surface area contributed by atoms with E-state index in [9.17, 15) is 32.9 Å². The number of benzene rings is 4. The first-order valence-corrected chi connectivity index (χ1v) is 13.6. The normalized spacial score (nSPS) is 13.7. The summed E-state index contributed by atoms with van der Waals surface area (Å²) in [5, 5.41) is 17.4. The molecule has 1 aliphatic heterocycles. The highest BCUT2D eigenvalue weighted by Crippen LogP contribution is 2.40. The van der Waals surface area contributed by atoms with Gasteiger partial charge in [-0.2, -0.15) is 0 Å². The molecule has 0 saturated carbocycles. The van der Waals surface area contributed by atoms with Gasteiger partial charge < -0.3 is 25.8 Å². The molecule has 0 radical (unpaired) electrons. The molecule has 45 heavy (non-hydrogen) atoms. The van der Waals surface area contributed by atoms with Crippen molar-refractivity contribution >= 4 is 34.6 Å². The number of aryl methyl sites for hydroxylation is 1. The van der Waals surface area contributed by atoms with Gasteiger partial charge in [0, 0.05) is 6.07 Å². The lowest BCUT2D eigenvalue weighted by Crippen LogP contribution is -2.39. The maximum absolute atomic E-state index is 13.2. The summed E-state index contributed by atoms with van der Waals surface area (Å²) in [4.78, 5) is 36.8. The second kappa shape index (κ2) is 11.8. The molecular weight excluding hydrogens is 593 g/mol. The molecule has 1 unspecified atom stereocenters. The molecule has 1 atom stereocenters. The van der Waals surface area contributed by atoms with Crippen LogP contribution in [0.25, 0.3) is 11.1 Å². The molecule has 2 amide bonds. The number of fused-ring (bicyclic) bond motifs is 2. The largest absolute Gasteiger partial charge is 0.573 e. The minimum absolute atomic E-state index is 0.0934. The van der Waals surface area contributed by atoms with Gasteiger partial charge in [0.2, 0.25) is 5.91 Å². The van der Waals surface area contributed by atoms with E-state index in [1.54, 1.807) is 61.5 Å². The second-order valence-corrected chi connectivity index (χ2v) is 10.6. The number of primary amides is 1. The number of nitro benzene ring substituents is 1. The highest BCUT2D eigenvalue weighted by Gasteiger charge is 2.35. The van der Waals surface area contributed by atoms with Crippen molar-refractivity contribution in [1.29, 1.82) is 0 Å². The van der Waals surface area contributed by atoms with E-state index in [0.717, 1.165) is 0 Å². The van der Waals surface area contributed by atoms with Crippen LogP contribution in [-0.4, -0.2) is 30.2 Å². The molecule has 0 aromatic heterocycles. The molecule has 1 heterocycles. The van der Waals surface area contributed by atoms with Crippen LogP contribution in [0.15, 0.2) is 78.9 Å². The summed E-state index contributed by atoms with van der Waals surface area (Å²) < 4.78 is 47.2. The third-order valence-corrected chi connectivity index (χ3v) is 7.74. The van der Waals surface area contributed by atoms with Crippen molar-refractivity contribution in [2.75, 3.05) is 17.7 Å². The van der Waals surface area contributed by atoms with Gasteiger partial charge in [-0.05, 0) is 90.6 Å². The molecule has 5 rings (SSSR count). The van der Waals surface area contributed by atoms with Gasteiger partial charge >= 0.3 is 12.0 Å². The molecule has 0 spiro atoms. The zero-order valence-electron chi connectivity index (χ0n) is 24.0. The number of nitro groups is 1. The van der Waals surface area contributed by atoms with E-state index in [0.29, 0.717) is 44.9 Å². The first kappa shape index (κ1) is 30.9. The second-order valence-electron chi connectivity index (χ2n) is 10.6. The number of hydrogen-bond donors (Lipinski definition) is 3. The standard InChI is InChI=1S/C32H27F3N4O6/c1-31(30(36)41,13-12-18-4-3-5-22(14-18)45-32(33,34)35)21-8-10-24-26(17-21)38-29(40)23-9-6-19(15-25(23)37-24)20-7-11-27(39(42)43)28(16-20)44-2/h3-11,14-17,37H,12-13H2,1-2H3,(H2,36,41)(H,38,40). The number of anilines is 3. The number of methoxy groups -OCH3 is 1. The van der Waals surface area contributed by atoms with E-state index in [4.69, 9.17) is 10.5 Å². The number of carbonyl (C=O) groups excluding carboxylic acids is 2. The van der Waals surface area contributed by atoms with Gasteiger partial charge in [0.15, 0.2) is 5.75 Å². The summed E-state index contributed by atoms with van der Waals surface area (Å²) in [7, 11) is 1.34. The minimum Gasteiger partial charge on any atom is -0.490 e. The number of alkyl halides is 3. The average molecular weight is 621 g/mol. The van der Waals surface area contributed by atoms with Crippen molar-refractivity contribution in [2.24, 2.45) is 5.73 Å². The van der Waals surface area contributed by atoms with E-state index in [1.165, 1.54) is 31.4 Å². The zero-order chi connectivity index (χ0) is 32.5. The van der Waals surface area contributed by atoms with Crippen LogP contribution in [-0.2, 0) is 16.6 Å². The molecule has 232 valence electrons. The molecule has 0 bridgehead atoms. The van der Waals surface area contributed by atoms with Crippen LogP contribution in [0.5, 0.6) is 11.5 Å². The fourth-order valence-electron chi connectivity index (χ4n) is 5.17. The van der Waals surface area contributed by atoms with Gasteiger partial charge in [0.05, 0.1) is 40.1 Å². The van der Waals surface area contributed by atoms with Crippen LogP contribution in [0.3, 0.4) is 0 Å². The van der Waals surface area contributed by atoms with E-state index < -0.39 is 28.5 Å². The van der Waals surface area contributed by atoms with Gasteiger partial charge in [0.1, 0.15) is 5.75 Å². The highest BCUT2D eigenvalue weighted by molar-refractivity contribution is 6.12. The van der Waals surface area contributed by atoms with Crippen molar-refractivity contribution in [1.82, 2.24) is 0 Å². The van der Waals surface area contributed by atoms with Crippen LogP contribution in [0.2, 0.25) is 0 Å². The first-order chi connectivity index (χ1) is 21.3. The predicted octanol–water partition coefficient (Wildman–Crippen LogP) is 6.85. The Kier molecular flexibility index (Phi) is 8.11. The number of nitrogens with two attached hydrogens (primary N) is 1. The highest BCUT2D eigenvalue weighted by atomic mass is 19.4. The fraction of sp³-hybridized carbons (Fsp3) is 0.188. The topological polar surface area (TPSA) is 146 Å². The number of rotatable bonds is 9. The molecular formula is C32H27F3N4O6. The molecule has 1 aliphatic rings. The Bertz CT molecular complexity index is 1830. The van der Waals surface area contributed by atoms with E-state index >= 15 is 0 Å². The van der Waals surface area contributed by atoms with Gasteiger partial charge in [-0.25, -0.2) is 0 Å². The number of halogens is 3. The third kappa shape index (κ3) is 6.51. The van der Waals surface area contributed by atoms with Crippen molar-refractivity contribution in [3.05, 3.63) is 106 Å². The zero-order valence-corrected chi connectivity index (χ0v) is 24.0. The van der Waals surface area contributed by atoms with E-state index in [2.05, 4.69) is 15.4 Å². The van der Waals surface area contributed by atoms with Crippen molar-refractivity contribution in [2.45, 2.75) is 31.5 Å². The average Bonchev–Trinajstić information content (AvgIpc) is 3.13. The Hall–Kier alpha value is -5.59. The lowest BCUT2D eigenvalue weighted by molar-refractivity contribution is -0.385. The van der Waals surface area contributed by atoms with Crippen LogP contribution in [0, 0.1) is 10.1 Å². The Labute approximate surface area is 255 Å². The monoisotopic (exact) mass is 620 g/mol. The predicted molar refractivity (Wildman–Crippen MR) is 161 cm³/mol. The summed E-state index contributed by atoms with van der Waals surface area (Å²) in [5.74, 6) is -1.33. The molecule has 10 nitrogen and oxygen atoms in total. The third-order valence-electron chi connectivity index (χ3n) is 7.74. The number of carbonyl (C=O) groups is 2. The lowest BCUT2D eigenvalue weighted by atomic mass is 9.76. The summed E-state index contributed by atoms with van der Waals surface area (Å²) in [6, 6.07) is 20.1. The number of ether oxygens (including phenoxy) is 2. The van der Waals surface area contributed by atoms with Gasteiger partial charge in [-0.3, -0.25) is 19.7 Å². The molecule has 4 aromatic rings. The number of nitrogens with zero attached hydrogens (tertiary/aromatic N) is 1. The number of hydrogen-bond acceptors (Lipinski definition) is 7. The molecule has 0 aliphatic carbocycles. The minimum atomic E-state index is -4.83. The smallest absolute Gasteiger partial charge is 0.490 e. The SMILES string of the molecule is COc1cc(-c2ccc3c(c2)Nc2ccc(C(C)(CCc4cccc(OC(F)(F)F)c4)C(N)=O)cc2NC3=O)ccc1[N+](=O)[O-]. The van der Waals surface area contributed by atoms with E-state index in [-0.39, 0.29) is 30.0 Å². The number of nitrogens with one attached hydrogen (secondary N) is 2. The molecule has 4 N–H and O–H groups in total. The van der Waals surface area contributed by atoms with Gasteiger partial charge in [-0.15, -0.1) is 13.2 Å². The van der Waals surface area contributed by atoms with Crippen LogP contribution >= 0.6 is 0 Å². The summed E-state index contributed by atoms with van der Waals surface area (Å²) >= 11 is 0. The summed E-state index contributed by atoms with van der Waals surface area (Å²) in [6.07, 6.45) is -4.45. The molecule has 0 saturated heterocycles. The lowest BCUT2D eigenvalue weighted by Gasteiger charge is -2.28. The Morgan fingerprint density at radius 2 is 1.67 bits per heavy atom. The van der Waals surface area contributed by atoms with Crippen molar-refractivity contribution in [3.63, 3.8) is 0 Å². The van der Waals surface area contributed by atoms with Gasteiger partial charge in [-0.1, -0.05) is 24.3 Å². The summed E-state index contributed by atoms with van der Waals surface area (Å²) in [6.45, 7) is 1.64. The quantitative estimate of drug-likeness (QED) is 0.137. The Morgan fingerprint density at radius 3 is 2.36 bits per heavy atom. The molecule has 4 aromatic carbocycles. The molecule has 0 fully saturated rings. The Balaban J connectivity index is 1.42. The maximum Gasteiger partial charge on any atom is 0.573 e. The van der Waals surface area contributed by atoms with Crippen LogP contribution < -0.4 is 25.8 Å². The van der Waals surface area contributed by atoms with Crippen LogP contribution in [0.1, 0.15) is 34.8 Å². The molecule has 13 heteroatoms. The van der Waals surface area contributed by atoms with Gasteiger partial charge in [0.25, 0.3) is 5.91 Å². The van der Waals surface area contributed by atoms with Crippen molar-refractivity contribution in [3.8, 4) is 22.6 Å². The number of amides is 2.